The summed E-state index contributed by atoms with van der Waals surface area (Å²) < 4.78 is 21.0. The summed E-state index contributed by atoms with van der Waals surface area (Å²) in [6.45, 7) is 3.50. The van der Waals surface area contributed by atoms with Crippen LogP contribution in [0.25, 0.3) is 0 Å². The van der Waals surface area contributed by atoms with Crippen molar-refractivity contribution in [2.45, 2.75) is 102 Å². The number of nitrogens with zero attached hydrogens (tertiary/aromatic N) is 3. The highest BCUT2D eigenvalue weighted by Crippen LogP contribution is 2.44. The Balaban J connectivity index is 1.36. The molecule has 0 bridgehead atoms. The van der Waals surface area contributed by atoms with E-state index in [0.717, 1.165) is 25.8 Å². The number of aromatic amines is 1. The monoisotopic (exact) mass is 423 g/mol. The van der Waals surface area contributed by atoms with Crippen molar-refractivity contribution in [3.63, 3.8) is 0 Å². The van der Waals surface area contributed by atoms with E-state index in [0.29, 0.717) is 50.5 Å². The first-order valence-electron chi connectivity index (χ1n) is 11.9. The largest absolute Gasteiger partial charge is 0.465 e. The molecule has 4 atom stereocenters. The fourth-order valence-corrected chi connectivity index (χ4v) is 5.01. The Kier molecular flexibility index (Phi) is 9.03. The number of fused-ring (bicyclic) bond motifs is 1. The third-order valence-corrected chi connectivity index (χ3v) is 6.89. The average molecular weight is 424 g/mol. The molecule has 1 aromatic heterocycles. The maximum atomic E-state index is 15.4. The number of aromatic nitrogens is 4. The lowest BCUT2D eigenvalue weighted by atomic mass is 9.67. The van der Waals surface area contributed by atoms with Crippen molar-refractivity contribution in [1.29, 1.82) is 0 Å². The Labute approximate surface area is 179 Å². The van der Waals surface area contributed by atoms with E-state index in [1.807, 2.05) is 0 Å². The van der Waals surface area contributed by atoms with E-state index < -0.39 is 5.67 Å². The van der Waals surface area contributed by atoms with Gasteiger partial charge in [-0.25, -0.2) is 4.39 Å². The fourth-order valence-electron chi connectivity index (χ4n) is 5.01. The number of nitrogens with one attached hydrogen (secondary N) is 2. The van der Waals surface area contributed by atoms with Crippen LogP contribution >= 0.6 is 0 Å². The molecular formula is C22H38FN5O2. The van der Waals surface area contributed by atoms with E-state index in [1.54, 1.807) is 0 Å². The summed E-state index contributed by atoms with van der Waals surface area (Å²) in [7, 11) is 0. The molecule has 0 aromatic carbocycles. The van der Waals surface area contributed by atoms with E-state index >= 15 is 4.39 Å². The number of hydrogen-bond donors (Lipinski definition) is 2. The number of carbonyl (C=O) groups excluding carboxylic acids is 1. The number of tetrazole rings is 1. The first kappa shape index (κ1) is 23.1. The Morgan fingerprint density at radius 1 is 1.20 bits per heavy atom. The van der Waals surface area contributed by atoms with Crippen LogP contribution in [-0.2, 0) is 16.0 Å². The number of piperidine rings is 1. The van der Waals surface area contributed by atoms with Crippen molar-refractivity contribution in [3.05, 3.63) is 5.82 Å². The molecule has 1 saturated heterocycles. The number of esters is 1. The maximum Gasteiger partial charge on any atom is 0.323 e. The van der Waals surface area contributed by atoms with Gasteiger partial charge in [-0.2, -0.15) is 5.21 Å². The summed E-state index contributed by atoms with van der Waals surface area (Å²) in [6, 6.07) is -0.296. The summed E-state index contributed by atoms with van der Waals surface area (Å²) in [6.07, 6.45) is 11.9. The molecule has 1 saturated carbocycles. The molecule has 1 aliphatic carbocycles. The van der Waals surface area contributed by atoms with Crippen LogP contribution in [0.4, 0.5) is 4.39 Å². The van der Waals surface area contributed by atoms with E-state index in [2.05, 4.69) is 32.9 Å². The number of aryl methyl sites for hydroxylation is 1. The van der Waals surface area contributed by atoms with Gasteiger partial charge in [0.15, 0.2) is 5.82 Å². The minimum absolute atomic E-state index is 0.165. The molecule has 0 unspecified atom stereocenters. The second kappa shape index (κ2) is 11.7. The van der Waals surface area contributed by atoms with Crippen molar-refractivity contribution in [3.8, 4) is 0 Å². The minimum atomic E-state index is -1.20. The van der Waals surface area contributed by atoms with Crippen LogP contribution in [-0.4, -0.2) is 51.5 Å². The van der Waals surface area contributed by atoms with Gasteiger partial charge in [-0.05, 0) is 56.9 Å². The van der Waals surface area contributed by atoms with Crippen LogP contribution in [0.2, 0.25) is 0 Å². The molecule has 3 rings (SSSR count). The molecule has 1 aliphatic heterocycles. The molecule has 7 nitrogen and oxygen atoms in total. The molecule has 0 amide bonds. The number of hydrogen-bond acceptors (Lipinski definition) is 6. The first-order chi connectivity index (χ1) is 14.6. The van der Waals surface area contributed by atoms with Crippen LogP contribution in [0.1, 0.15) is 89.8 Å². The molecule has 1 aromatic rings. The topological polar surface area (TPSA) is 92.8 Å². The van der Waals surface area contributed by atoms with Gasteiger partial charge in [-0.1, -0.05) is 50.7 Å². The van der Waals surface area contributed by atoms with E-state index in [1.165, 1.54) is 32.1 Å². The average Bonchev–Trinajstić information content (AvgIpc) is 3.27. The van der Waals surface area contributed by atoms with E-state index in [4.69, 9.17) is 4.74 Å². The van der Waals surface area contributed by atoms with E-state index in [9.17, 15) is 4.79 Å². The molecular weight excluding hydrogens is 385 g/mol. The lowest BCUT2D eigenvalue weighted by Gasteiger charge is -2.44. The highest BCUT2D eigenvalue weighted by Gasteiger charge is 2.44. The van der Waals surface area contributed by atoms with Gasteiger partial charge in [0, 0.05) is 6.42 Å². The normalized spacial score (nSPS) is 28.8. The van der Waals surface area contributed by atoms with Crippen LogP contribution in [0.15, 0.2) is 0 Å². The van der Waals surface area contributed by atoms with Crippen molar-refractivity contribution < 1.29 is 13.9 Å². The number of unbranched alkanes of at least 4 members (excludes halogenated alkanes) is 6. The maximum absolute atomic E-state index is 15.4. The quantitative estimate of drug-likeness (QED) is 0.391. The van der Waals surface area contributed by atoms with Crippen LogP contribution in [0.3, 0.4) is 0 Å². The van der Waals surface area contributed by atoms with Gasteiger partial charge in [0.2, 0.25) is 0 Å². The zero-order valence-electron chi connectivity index (χ0n) is 18.4. The van der Waals surface area contributed by atoms with E-state index in [-0.39, 0.29) is 17.9 Å². The molecule has 0 radical (unpaired) electrons. The second-order valence-corrected chi connectivity index (χ2v) is 9.23. The lowest BCUT2D eigenvalue weighted by molar-refractivity contribution is -0.148. The minimum Gasteiger partial charge on any atom is -0.465 e. The number of alkyl halides is 1. The molecule has 2 aliphatic rings. The Hall–Kier alpha value is -1.57. The zero-order chi connectivity index (χ0) is 21.2. The fraction of sp³-hybridized carbons (Fsp3) is 0.909. The van der Waals surface area contributed by atoms with Gasteiger partial charge in [-0.3, -0.25) is 4.79 Å². The smallest absolute Gasteiger partial charge is 0.323 e. The molecule has 2 N–H and O–H groups in total. The Morgan fingerprint density at radius 3 is 2.77 bits per heavy atom. The van der Waals surface area contributed by atoms with Crippen molar-refractivity contribution in [2.75, 3.05) is 13.2 Å². The summed E-state index contributed by atoms with van der Waals surface area (Å²) in [5, 5.41) is 17.1. The van der Waals surface area contributed by atoms with Crippen LogP contribution < -0.4 is 5.32 Å². The van der Waals surface area contributed by atoms with Crippen LogP contribution in [0, 0.1) is 11.8 Å². The third-order valence-electron chi connectivity index (χ3n) is 6.89. The van der Waals surface area contributed by atoms with Gasteiger partial charge in [0.25, 0.3) is 0 Å². The summed E-state index contributed by atoms with van der Waals surface area (Å²) in [5.41, 5.74) is -1.20. The van der Waals surface area contributed by atoms with Gasteiger partial charge >= 0.3 is 5.97 Å². The standard InChI is InChI=1S/C22H38FN5O2/c1-2-3-4-5-6-7-8-13-30-21(29)19-14-18-15-22(23,11-9-17(18)16-24-19)12-10-20-25-27-28-26-20/h17-19,24H,2-16H2,1H3,(H,25,26,27,28)/t17-,18-,19-,22-/m0/s1. The molecule has 170 valence electrons. The molecule has 0 spiro atoms. The molecule has 8 heteroatoms. The van der Waals surface area contributed by atoms with Gasteiger partial charge in [0.05, 0.1) is 6.61 Å². The number of ether oxygens (including phenoxy) is 1. The third kappa shape index (κ3) is 7.00. The SMILES string of the molecule is CCCCCCCCCOC(=O)[C@@H]1C[C@H]2C[C@@](F)(CCc3nn[nH]n3)CC[C@H]2CN1. The number of rotatable bonds is 12. The highest BCUT2D eigenvalue weighted by molar-refractivity contribution is 5.75. The predicted molar refractivity (Wildman–Crippen MR) is 113 cm³/mol. The highest BCUT2D eigenvalue weighted by atomic mass is 19.1. The Bertz CT molecular complexity index is 629. The molecule has 2 heterocycles. The number of carbonyl (C=O) groups is 1. The Morgan fingerprint density at radius 2 is 2.00 bits per heavy atom. The van der Waals surface area contributed by atoms with Crippen molar-refractivity contribution >= 4 is 5.97 Å². The van der Waals surface area contributed by atoms with Gasteiger partial charge < -0.3 is 10.1 Å². The predicted octanol–water partition coefficient (Wildman–Crippen LogP) is 3.91. The lowest BCUT2D eigenvalue weighted by Crippen LogP contribution is -2.52. The summed E-state index contributed by atoms with van der Waals surface area (Å²) in [4.78, 5) is 12.5. The number of H-pyrrole nitrogens is 1. The van der Waals surface area contributed by atoms with Crippen LogP contribution in [0.5, 0.6) is 0 Å². The number of halogens is 1. The van der Waals surface area contributed by atoms with Crippen molar-refractivity contribution in [1.82, 2.24) is 25.9 Å². The molecule has 30 heavy (non-hydrogen) atoms. The first-order valence-corrected chi connectivity index (χ1v) is 11.9. The van der Waals surface area contributed by atoms with Gasteiger partial charge in [-0.15, -0.1) is 10.2 Å². The second-order valence-electron chi connectivity index (χ2n) is 9.23. The summed E-state index contributed by atoms with van der Waals surface area (Å²) >= 11 is 0. The zero-order valence-corrected chi connectivity index (χ0v) is 18.4. The summed E-state index contributed by atoms with van der Waals surface area (Å²) in [5.74, 6) is 1.07. The molecule has 2 fully saturated rings. The van der Waals surface area contributed by atoms with Gasteiger partial charge in [0.1, 0.15) is 11.7 Å². The van der Waals surface area contributed by atoms with Crippen molar-refractivity contribution in [2.24, 2.45) is 11.8 Å².